The minimum atomic E-state index is -3.61. The van der Waals surface area contributed by atoms with Crippen LogP contribution in [0.15, 0.2) is 59.6 Å². The standard InChI is InChI=1S/C21H24N2O2S/c1-15-6-10-19(11-7-15)26(24,25)23(5)20-14-18(9-8-16(20)2)21-17(3)12-13-22(21)4/h6-14H,1-5H3. The van der Waals surface area contributed by atoms with E-state index in [1.54, 1.807) is 19.2 Å². The van der Waals surface area contributed by atoms with E-state index in [1.807, 2.05) is 57.4 Å². The molecular formula is C21H24N2O2S. The van der Waals surface area contributed by atoms with Crippen molar-refractivity contribution in [2.45, 2.75) is 25.7 Å². The first kappa shape index (κ1) is 18.3. The number of nitrogens with zero attached hydrogens (tertiary/aromatic N) is 2. The van der Waals surface area contributed by atoms with E-state index in [-0.39, 0.29) is 0 Å². The lowest BCUT2D eigenvalue weighted by Crippen LogP contribution is -2.27. The summed E-state index contributed by atoms with van der Waals surface area (Å²) in [6.45, 7) is 5.93. The predicted molar refractivity (Wildman–Crippen MR) is 107 cm³/mol. The fraction of sp³-hybridized carbons (Fsp3) is 0.238. The Morgan fingerprint density at radius 3 is 2.12 bits per heavy atom. The maximum Gasteiger partial charge on any atom is 0.264 e. The molecule has 1 aromatic heterocycles. The number of benzene rings is 2. The lowest BCUT2D eigenvalue weighted by Gasteiger charge is -2.22. The van der Waals surface area contributed by atoms with Crippen LogP contribution >= 0.6 is 0 Å². The molecule has 0 aliphatic rings. The van der Waals surface area contributed by atoms with Crippen molar-refractivity contribution in [3.05, 3.63) is 71.4 Å². The highest BCUT2D eigenvalue weighted by atomic mass is 32.2. The van der Waals surface area contributed by atoms with E-state index >= 15 is 0 Å². The quantitative estimate of drug-likeness (QED) is 0.683. The Morgan fingerprint density at radius 2 is 1.54 bits per heavy atom. The fourth-order valence-electron chi connectivity index (χ4n) is 3.18. The van der Waals surface area contributed by atoms with Gasteiger partial charge in [-0.3, -0.25) is 4.31 Å². The summed E-state index contributed by atoms with van der Waals surface area (Å²) in [5.74, 6) is 0. The van der Waals surface area contributed by atoms with Crippen LogP contribution in [0.1, 0.15) is 16.7 Å². The van der Waals surface area contributed by atoms with E-state index in [2.05, 4.69) is 17.6 Å². The van der Waals surface area contributed by atoms with E-state index in [0.29, 0.717) is 10.6 Å². The molecule has 2 aromatic carbocycles. The number of aryl methyl sites for hydroxylation is 4. The van der Waals surface area contributed by atoms with Crippen molar-refractivity contribution in [3.8, 4) is 11.3 Å². The maximum atomic E-state index is 13.0. The smallest absolute Gasteiger partial charge is 0.264 e. The van der Waals surface area contributed by atoms with Gasteiger partial charge in [-0.05, 0) is 56.2 Å². The van der Waals surface area contributed by atoms with Gasteiger partial charge < -0.3 is 4.57 Å². The van der Waals surface area contributed by atoms with Gasteiger partial charge in [0.15, 0.2) is 0 Å². The molecule has 1 heterocycles. The monoisotopic (exact) mass is 368 g/mol. The number of rotatable bonds is 4. The largest absolute Gasteiger partial charge is 0.350 e. The molecule has 3 aromatic rings. The Bertz CT molecular complexity index is 1030. The first-order chi connectivity index (χ1) is 12.2. The zero-order valence-electron chi connectivity index (χ0n) is 15.8. The molecule has 0 radical (unpaired) electrons. The molecule has 0 spiro atoms. The van der Waals surface area contributed by atoms with Gasteiger partial charge in [-0.15, -0.1) is 0 Å². The number of sulfonamides is 1. The second-order valence-corrected chi connectivity index (χ2v) is 8.71. The first-order valence-corrected chi connectivity index (χ1v) is 9.94. The average molecular weight is 369 g/mol. The van der Waals surface area contributed by atoms with E-state index in [9.17, 15) is 8.42 Å². The summed E-state index contributed by atoms with van der Waals surface area (Å²) < 4.78 is 29.5. The van der Waals surface area contributed by atoms with Crippen LogP contribution < -0.4 is 4.31 Å². The van der Waals surface area contributed by atoms with Crippen molar-refractivity contribution in [2.24, 2.45) is 7.05 Å². The van der Waals surface area contributed by atoms with E-state index in [0.717, 1.165) is 27.9 Å². The molecule has 0 fully saturated rings. The molecule has 5 heteroatoms. The van der Waals surface area contributed by atoms with Crippen molar-refractivity contribution in [1.82, 2.24) is 4.57 Å². The van der Waals surface area contributed by atoms with Crippen LogP contribution in [0.3, 0.4) is 0 Å². The van der Waals surface area contributed by atoms with Crippen molar-refractivity contribution in [2.75, 3.05) is 11.4 Å². The third kappa shape index (κ3) is 3.15. The lowest BCUT2D eigenvalue weighted by atomic mass is 10.1. The summed E-state index contributed by atoms with van der Waals surface area (Å²) in [6.07, 6.45) is 2.01. The van der Waals surface area contributed by atoms with Crippen LogP contribution in [0, 0.1) is 20.8 Å². The highest BCUT2D eigenvalue weighted by Crippen LogP contribution is 2.32. The molecule has 0 atom stereocenters. The number of hydrogen-bond acceptors (Lipinski definition) is 2. The molecule has 0 unspecified atom stereocenters. The topological polar surface area (TPSA) is 42.3 Å². The van der Waals surface area contributed by atoms with Crippen molar-refractivity contribution < 1.29 is 8.42 Å². The molecule has 0 amide bonds. The third-order valence-corrected chi connectivity index (χ3v) is 6.56. The van der Waals surface area contributed by atoms with Gasteiger partial charge in [0.25, 0.3) is 10.0 Å². The zero-order valence-corrected chi connectivity index (χ0v) is 16.6. The fourth-order valence-corrected chi connectivity index (χ4v) is 4.43. The number of aromatic nitrogens is 1. The molecule has 0 bridgehead atoms. The Kier molecular flexibility index (Phi) is 4.67. The SMILES string of the molecule is Cc1ccc(S(=O)(=O)N(C)c2cc(-c3c(C)ccn3C)ccc2C)cc1. The van der Waals surface area contributed by atoms with Crippen LogP contribution in [-0.4, -0.2) is 20.0 Å². The average Bonchev–Trinajstić information content (AvgIpc) is 2.94. The summed E-state index contributed by atoms with van der Waals surface area (Å²) in [4.78, 5) is 0.297. The number of hydrogen-bond donors (Lipinski definition) is 0. The summed E-state index contributed by atoms with van der Waals surface area (Å²) in [7, 11) is -0.00565. The molecule has 0 aliphatic heterocycles. The Labute approximate surface area is 155 Å². The highest BCUT2D eigenvalue weighted by molar-refractivity contribution is 7.92. The summed E-state index contributed by atoms with van der Waals surface area (Å²) in [5, 5.41) is 0. The first-order valence-electron chi connectivity index (χ1n) is 8.50. The third-order valence-electron chi connectivity index (χ3n) is 4.78. The summed E-state index contributed by atoms with van der Waals surface area (Å²) in [6, 6.07) is 15.0. The molecule has 0 aliphatic carbocycles. The van der Waals surface area contributed by atoms with Crippen molar-refractivity contribution >= 4 is 15.7 Å². The predicted octanol–water partition coefficient (Wildman–Crippen LogP) is 4.44. The summed E-state index contributed by atoms with van der Waals surface area (Å²) in [5.41, 5.74) is 5.88. The van der Waals surface area contributed by atoms with E-state index < -0.39 is 10.0 Å². The second kappa shape index (κ2) is 6.65. The minimum absolute atomic E-state index is 0.297. The van der Waals surface area contributed by atoms with Crippen LogP contribution in [0.2, 0.25) is 0 Å². The summed E-state index contributed by atoms with van der Waals surface area (Å²) >= 11 is 0. The highest BCUT2D eigenvalue weighted by Gasteiger charge is 2.23. The Morgan fingerprint density at radius 1 is 0.885 bits per heavy atom. The Hall–Kier alpha value is -2.53. The number of anilines is 1. The van der Waals surface area contributed by atoms with Gasteiger partial charge in [0.1, 0.15) is 0 Å². The van der Waals surface area contributed by atoms with Crippen molar-refractivity contribution in [1.29, 1.82) is 0 Å². The molecule has 3 rings (SSSR count). The van der Waals surface area contributed by atoms with Crippen molar-refractivity contribution in [3.63, 3.8) is 0 Å². The second-order valence-electron chi connectivity index (χ2n) is 6.75. The zero-order chi connectivity index (χ0) is 19.1. The van der Waals surface area contributed by atoms with Gasteiger partial charge in [-0.25, -0.2) is 8.42 Å². The van der Waals surface area contributed by atoms with Gasteiger partial charge in [-0.1, -0.05) is 29.8 Å². The van der Waals surface area contributed by atoms with Gasteiger partial charge in [0.2, 0.25) is 0 Å². The van der Waals surface area contributed by atoms with E-state index in [4.69, 9.17) is 0 Å². The van der Waals surface area contributed by atoms with Gasteiger partial charge in [0, 0.05) is 25.9 Å². The molecule has 0 saturated carbocycles. The maximum absolute atomic E-state index is 13.0. The molecule has 0 saturated heterocycles. The molecular weight excluding hydrogens is 344 g/mol. The normalized spacial score (nSPS) is 11.6. The molecule has 26 heavy (non-hydrogen) atoms. The van der Waals surface area contributed by atoms with Crippen LogP contribution in [0.5, 0.6) is 0 Å². The van der Waals surface area contributed by atoms with Gasteiger partial charge >= 0.3 is 0 Å². The molecule has 0 N–H and O–H groups in total. The minimum Gasteiger partial charge on any atom is -0.350 e. The van der Waals surface area contributed by atoms with Crippen LogP contribution in [0.4, 0.5) is 5.69 Å². The van der Waals surface area contributed by atoms with Gasteiger partial charge in [-0.2, -0.15) is 0 Å². The Balaban J connectivity index is 2.08. The van der Waals surface area contributed by atoms with Gasteiger partial charge in [0.05, 0.1) is 16.3 Å². The van der Waals surface area contributed by atoms with Crippen LogP contribution in [0.25, 0.3) is 11.3 Å². The molecule has 136 valence electrons. The lowest BCUT2D eigenvalue weighted by molar-refractivity contribution is 0.594. The molecule has 4 nitrogen and oxygen atoms in total. The van der Waals surface area contributed by atoms with E-state index in [1.165, 1.54) is 4.31 Å². The van der Waals surface area contributed by atoms with Crippen LogP contribution in [-0.2, 0) is 17.1 Å².